The van der Waals surface area contributed by atoms with E-state index in [2.05, 4.69) is 10.6 Å². The number of ether oxygens (including phenoxy) is 1. The van der Waals surface area contributed by atoms with Gasteiger partial charge in [-0.05, 0) is 19.0 Å². The summed E-state index contributed by atoms with van der Waals surface area (Å²) in [5, 5.41) is 5.39. The molecule has 0 aromatic heterocycles. The van der Waals surface area contributed by atoms with Gasteiger partial charge in [-0.2, -0.15) is 0 Å². The lowest BCUT2D eigenvalue weighted by atomic mass is 10.1. The minimum atomic E-state index is -0.662. The molecule has 116 valence electrons. The fourth-order valence-corrected chi connectivity index (χ4v) is 1.86. The first kappa shape index (κ1) is 17.1. The predicted molar refractivity (Wildman–Crippen MR) is 80.6 cm³/mol. The summed E-state index contributed by atoms with van der Waals surface area (Å²) in [6.45, 7) is 0.125. The number of rotatable bonds is 8. The van der Waals surface area contributed by atoms with Gasteiger partial charge in [0.1, 0.15) is 6.04 Å². The molecule has 0 spiro atoms. The lowest BCUT2D eigenvalue weighted by molar-refractivity contribution is -0.146. The van der Waals surface area contributed by atoms with E-state index >= 15 is 0 Å². The molecule has 0 aliphatic rings. The quantitative estimate of drug-likeness (QED) is 0.578. The summed E-state index contributed by atoms with van der Waals surface area (Å²) >= 11 is 0. The lowest BCUT2D eigenvalue weighted by Crippen LogP contribution is -2.41. The number of nitrogens with one attached hydrogen (secondary N) is 2. The highest BCUT2D eigenvalue weighted by molar-refractivity contribution is 5.81. The number of hydrogen-bond acceptors (Lipinski definition) is 5. The Morgan fingerprint density at radius 2 is 1.90 bits per heavy atom. The maximum absolute atomic E-state index is 12.0. The van der Waals surface area contributed by atoms with Crippen molar-refractivity contribution in [3.8, 4) is 0 Å². The van der Waals surface area contributed by atoms with E-state index in [1.165, 1.54) is 7.05 Å². The van der Waals surface area contributed by atoms with Gasteiger partial charge in [-0.1, -0.05) is 30.3 Å². The van der Waals surface area contributed by atoms with Gasteiger partial charge in [0.05, 0.1) is 12.6 Å². The fraction of sp³-hybridized carbons (Fsp3) is 0.467. The van der Waals surface area contributed by atoms with Crippen molar-refractivity contribution < 1.29 is 14.3 Å². The number of nitrogens with two attached hydrogens (primary N) is 1. The molecule has 21 heavy (non-hydrogen) atoms. The molecule has 0 fully saturated rings. The van der Waals surface area contributed by atoms with E-state index in [9.17, 15) is 9.59 Å². The van der Waals surface area contributed by atoms with E-state index in [1.807, 2.05) is 30.3 Å². The summed E-state index contributed by atoms with van der Waals surface area (Å²) in [6, 6.07) is 8.62. The zero-order valence-electron chi connectivity index (χ0n) is 12.5. The van der Waals surface area contributed by atoms with Gasteiger partial charge < -0.3 is 21.1 Å². The highest BCUT2D eigenvalue weighted by Crippen LogP contribution is 2.04. The van der Waals surface area contributed by atoms with E-state index in [0.717, 1.165) is 5.56 Å². The van der Waals surface area contributed by atoms with Crippen LogP contribution in [-0.2, 0) is 20.7 Å². The molecule has 1 aromatic rings. The molecule has 4 N–H and O–H groups in total. The van der Waals surface area contributed by atoms with E-state index < -0.39 is 12.1 Å². The Morgan fingerprint density at radius 1 is 1.24 bits per heavy atom. The first-order valence-electron chi connectivity index (χ1n) is 6.93. The van der Waals surface area contributed by atoms with Gasteiger partial charge in [0, 0.05) is 13.5 Å². The average molecular weight is 293 g/mol. The van der Waals surface area contributed by atoms with Crippen LogP contribution >= 0.6 is 0 Å². The third-order valence-electron chi connectivity index (χ3n) is 3.17. The number of carbonyl (C=O) groups excluding carboxylic acids is 2. The molecule has 1 rings (SSSR count). The summed E-state index contributed by atoms with van der Waals surface area (Å²) in [6.07, 6.45) is 0.852. The second-order valence-electron chi connectivity index (χ2n) is 4.71. The van der Waals surface area contributed by atoms with Crippen LogP contribution in [0.1, 0.15) is 12.0 Å². The molecule has 6 heteroatoms. The van der Waals surface area contributed by atoms with Gasteiger partial charge in [-0.3, -0.25) is 9.59 Å². The first-order chi connectivity index (χ1) is 10.1. The largest absolute Gasteiger partial charge is 0.464 e. The van der Waals surface area contributed by atoms with Gasteiger partial charge in [0.15, 0.2) is 0 Å². The zero-order valence-corrected chi connectivity index (χ0v) is 12.5. The Bertz CT molecular complexity index is 451. The smallest absolute Gasteiger partial charge is 0.323 e. The van der Waals surface area contributed by atoms with Gasteiger partial charge >= 0.3 is 5.97 Å². The van der Waals surface area contributed by atoms with E-state index in [4.69, 9.17) is 10.5 Å². The summed E-state index contributed by atoms with van der Waals surface area (Å²) in [7, 11) is 3.23. The molecule has 2 atom stereocenters. The molecule has 1 amide bonds. The Kier molecular flexibility index (Phi) is 7.42. The van der Waals surface area contributed by atoms with Crippen molar-refractivity contribution >= 4 is 11.9 Å². The van der Waals surface area contributed by atoms with Crippen LogP contribution < -0.4 is 16.4 Å². The second-order valence-corrected chi connectivity index (χ2v) is 4.71. The summed E-state index contributed by atoms with van der Waals surface area (Å²) in [5.41, 5.74) is 6.68. The number of hydrogen-bond donors (Lipinski definition) is 3. The monoisotopic (exact) mass is 293 g/mol. The van der Waals surface area contributed by atoms with Crippen LogP contribution in [0.15, 0.2) is 30.3 Å². The molecule has 0 bridgehead atoms. The number of esters is 1. The zero-order chi connectivity index (χ0) is 15.7. The van der Waals surface area contributed by atoms with Gasteiger partial charge in [-0.15, -0.1) is 0 Å². The molecular formula is C15H23N3O3. The van der Waals surface area contributed by atoms with Crippen molar-refractivity contribution in [2.45, 2.75) is 24.9 Å². The van der Waals surface area contributed by atoms with Crippen molar-refractivity contribution in [2.24, 2.45) is 5.73 Å². The number of amides is 1. The maximum Gasteiger partial charge on any atom is 0.323 e. The van der Waals surface area contributed by atoms with Crippen LogP contribution in [0.3, 0.4) is 0 Å². The molecular weight excluding hydrogens is 270 g/mol. The summed E-state index contributed by atoms with van der Waals surface area (Å²) in [5.74, 6) is -0.606. The summed E-state index contributed by atoms with van der Waals surface area (Å²) in [4.78, 5) is 23.2. The van der Waals surface area contributed by atoms with Gasteiger partial charge in [0.25, 0.3) is 0 Å². The molecule has 1 aromatic carbocycles. The molecule has 0 aliphatic heterocycles. The molecule has 0 aliphatic carbocycles. The molecule has 0 saturated heterocycles. The van der Waals surface area contributed by atoms with Crippen LogP contribution in [0.2, 0.25) is 0 Å². The van der Waals surface area contributed by atoms with Crippen LogP contribution in [0.25, 0.3) is 0 Å². The summed E-state index contributed by atoms with van der Waals surface area (Å²) < 4.78 is 5.17. The Labute approximate surface area is 125 Å². The molecule has 0 radical (unpaired) electrons. The third kappa shape index (κ3) is 5.93. The Balaban J connectivity index is 2.40. The number of likely N-dealkylation sites (N-methyl/N-ethyl adjacent to an activating group) is 2. The minimum absolute atomic E-state index is 0.125. The van der Waals surface area contributed by atoms with Crippen molar-refractivity contribution in [2.75, 3.05) is 20.7 Å². The van der Waals surface area contributed by atoms with Crippen LogP contribution in [-0.4, -0.2) is 44.7 Å². The van der Waals surface area contributed by atoms with Gasteiger partial charge in [0.2, 0.25) is 5.91 Å². The van der Waals surface area contributed by atoms with Crippen molar-refractivity contribution in [1.82, 2.24) is 10.6 Å². The van der Waals surface area contributed by atoms with Crippen LogP contribution in [0.5, 0.6) is 0 Å². The van der Waals surface area contributed by atoms with Crippen molar-refractivity contribution in [3.05, 3.63) is 35.9 Å². The van der Waals surface area contributed by atoms with E-state index in [-0.39, 0.29) is 18.5 Å². The molecule has 6 nitrogen and oxygen atoms in total. The highest BCUT2D eigenvalue weighted by Gasteiger charge is 2.19. The van der Waals surface area contributed by atoms with Crippen LogP contribution in [0, 0.1) is 0 Å². The second kappa shape index (κ2) is 9.10. The fourth-order valence-electron chi connectivity index (χ4n) is 1.86. The molecule has 1 unspecified atom stereocenters. The number of carbonyl (C=O) groups is 2. The maximum atomic E-state index is 12.0. The third-order valence-corrected chi connectivity index (χ3v) is 3.17. The SMILES string of the molecule is CNC(=O)C(N)CCOC(=O)[C@H](Cc1ccccc1)NC. The van der Waals surface area contributed by atoms with E-state index in [0.29, 0.717) is 12.8 Å². The van der Waals surface area contributed by atoms with Crippen LogP contribution in [0.4, 0.5) is 0 Å². The van der Waals surface area contributed by atoms with Crippen molar-refractivity contribution in [1.29, 1.82) is 0 Å². The molecule has 0 saturated carbocycles. The van der Waals surface area contributed by atoms with E-state index in [1.54, 1.807) is 7.05 Å². The Hall–Kier alpha value is -1.92. The average Bonchev–Trinajstić information content (AvgIpc) is 2.52. The lowest BCUT2D eigenvalue weighted by Gasteiger charge is -2.16. The topological polar surface area (TPSA) is 93.5 Å². The predicted octanol–water partition coefficient (Wildman–Crippen LogP) is -0.176. The number of benzene rings is 1. The van der Waals surface area contributed by atoms with Gasteiger partial charge in [-0.25, -0.2) is 0 Å². The normalized spacial score (nSPS) is 13.3. The minimum Gasteiger partial charge on any atom is -0.464 e. The highest BCUT2D eigenvalue weighted by atomic mass is 16.5. The first-order valence-corrected chi connectivity index (χ1v) is 6.93. The Morgan fingerprint density at radius 3 is 2.48 bits per heavy atom. The molecule has 0 heterocycles. The standard InChI is InChI=1S/C15H23N3O3/c1-17-13(10-11-6-4-3-5-7-11)15(20)21-9-8-12(16)14(19)18-2/h3-7,12-13,17H,8-10,16H2,1-2H3,(H,18,19)/t12?,13-/m0/s1. The van der Waals surface area contributed by atoms with Crippen molar-refractivity contribution in [3.63, 3.8) is 0 Å².